The average molecular weight is 420 g/mol. The lowest BCUT2D eigenvalue weighted by Gasteiger charge is -2.26. The Morgan fingerprint density at radius 1 is 1.00 bits per heavy atom. The molecular weight excluding hydrogens is 390 g/mol. The van der Waals surface area contributed by atoms with Crippen molar-refractivity contribution < 1.29 is 14.0 Å². The van der Waals surface area contributed by atoms with E-state index in [4.69, 9.17) is 4.42 Å². The van der Waals surface area contributed by atoms with Gasteiger partial charge in [-0.3, -0.25) is 9.59 Å². The molecule has 6 nitrogen and oxygen atoms in total. The van der Waals surface area contributed by atoms with E-state index < -0.39 is 0 Å². The highest BCUT2D eigenvalue weighted by Crippen LogP contribution is 2.12. The van der Waals surface area contributed by atoms with Crippen LogP contribution in [0.2, 0.25) is 0 Å². The molecule has 0 saturated heterocycles. The first-order valence-corrected chi connectivity index (χ1v) is 10.5. The van der Waals surface area contributed by atoms with Crippen LogP contribution in [0.3, 0.4) is 0 Å². The first kappa shape index (κ1) is 22.2. The molecule has 3 rings (SSSR count). The number of amides is 2. The largest absolute Gasteiger partial charge is 0.467 e. The van der Waals surface area contributed by atoms with Crippen LogP contribution in [0.15, 0.2) is 77.6 Å². The molecular formula is C25H29N3O3. The zero-order valence-electron chi connectivity index (χ0n) is 18.1. The van der Waals surface area contributed by atoms with Crippen LogP contribution in [-0.4, -0.2) is 39.3 Å². The number of carbonyl (C=O) groups is 2. The molecule has 0 bridgehead atoms. The Kier molecular flexibility index (Phi) is 7.87. The lowest BCUT2D eigenvalue weighted by atomic mass is 10.2. The third kappa shape index (κ3) is 6.47. The maximum atomic E-state index is 13.2. The highest BCUT2D eigenvalue weighted by Gasteiger charge is 2.21. The van der Waals surface area contributed by atoms with E-state index in [9.17, 15) is 9.59 Å². The van der Waals surface area contributed by atoms with Gasteiger partial charge in [0.1, 0.15) is 12.3 Å². The van der Waals surface area contributed by atoms with E-state index in [-0.39, 0.29) is 18.4 Å². The molecule has 0 saturated carbocycles. The number of aryl methyl sites for hydroxylation is 1. The molecule has 3 aromatic rings. The molecule has 0 fully saturated rings. The van der Waals surface area contributed by atoms with Crippen LogP contribution < -0.4 is 0 Å². The van der Waals surface area contributed by atoms with Crippen LogP contribution in [-0.2, 0) is 29.7 Å². The summed E-state index contributed by atoms with van der Waals surface area (Å²) in [6.07, 6.45) is 7.63. The van der Waals surface area contributed by atoms with E-state index in [0.717, 1.165) is 17.7 Å². The van der Waals surface area contributed by atoms with E-state index in [0.29, 0.717) is 25.4 Å². The molecule has 6 heteroatoms. The van der Waals surface area contributed by atoms with Gasteiger partial charge in [-0.05, 0) is 42.3 Å². The van der Waals surface area contributed by atoms with Crippen molar-refractivity contribution in [1.82, 2.24) is 14.4 Å². The smallest absolute Gasteiger partial charge is 0.247 e. The fourth-order valence-electron chi connectivity index (χ4n) is 3.32. The summed E-state index contributed by atoms with van der Waals surface area (Å²) in [5.41, 5.74) is 1.96. The molecule has 0 radical (unpaired) electrons. The molecule has 31 heavy (non-hydrogen) atoms. The van der Waals surface area contributed by atoms with Crippen LogP contribution in [0.1, 0.15) is 30.4 Å². The van der Waals surface area contributed by atoms with E-state index in [1.54, 1.807) is 22.1 Å². The summed E-state index contributed by atoms with van der Waals surface area (Å²) in [6, 6.07) is 17.2. The Bertz CT molecular complexity index is 990. The number of nitrogens with zero attached hydrogens (tertiary/aromatic N) is 3. The van der Waals surface area contributed by atoms with Gasteiger partial charge in [-0.15, -0.1) is 0 Å². The van der Waals surface area contributed by atoms with Gasteiger partial charge in [0, 0.05) is 31.6 Å². The highest BCUT2D eigenvalue weighted by molar-refractivity contribution is 5.94. The molecule has 0 aliphatic rings. The van der Waals surface area contributed by atoms with Crippen LogP contribution in [0.25, 0.3) is 6.08 Å². The SMILES string of the molecule is CCCN(CC(=O)N(Cc1ccco1)Cc1cccn1C)C(=O)/C=C/c1ccccc1. The maximum absolute atomic E-state index is 13.2. The number of furan rings is 1. The monoisotopic (exact) mass is 419 g/mol. The van der Waals surface area contributed by atoms with E-state index in [1.165, 1.54) is 6.08 Å². The first-order chi connectivity index (χ1) is 15.1. The summed E-state index contributed by atoms with van der Waals surface area (Å²) in [7, 11) is 1.95. The van der Waals surface area contributed by atoms with Crippen LogP contribution in [0, 0.1) is 0 Å². The van der Waals surface area contributed by atoms with Crippen molar-refractivity contribution in [2.75, 3.05) is 13.1 Å². The molecule has 0 aliphatic carbocycles. The van der Waals surface area contributed by atoms with Crippen molar-refractivity contribution in [3.63, 3.8) is 0 Å². The van der Waals surface area contributed by atoms with Gasteiger partial charge < -0.3 is 18.8 Å². The van der Waals surface area contributed by atoms with Crippen LogP contribution in [0.4, 0.5) is 0 Å². The number of benzene rings is 1. The zero-order valence-corrected chi connectivity index (χ0v) is 18.1. The number of hydrogen-bond acceptors (Lipinski definition) is 3. The molecule has 0 unspecified atom stereocenters. The van der Waals surface area contributed by atoms with Crippen molar-refractivity contribution in [3.05, 3.63) is 90.2 Å². The van der Waals surface area contributed by atoms with Gasteiger partial charge in [0.25, 0.3) is 0 Å². The molecule has 0 N–H and O–H groups in total. The van der Waals surface area contributed by atoms with E-state index in [2.05, 4.69) is 0 Å². The number of hydrogen-bond donors (Lipinski definition) is 0. The number of aromatic nitrogens is 1. The maximum Gasteiger partial charge on any atom is 0.247 e. The molecule has 2 aromatic heterocycles. The summed E-state index contributed by atoms with van der Waals surface area (Å²) >= 11 is 0. The minimum atomic E-state index is -0.170. The van der Waals surface area contributed by atoms with Gasteiger partial charge in [0.15, 0.2) is 0 Å². The Balaban J connectivity index is 1.72. The summed E-state index contributed by atoms with van der Waals surface area (Å²) in [5, 5.41) is 0. The quantitative estimate of drug-likeness (QED) is 0.465. The van der Waals surface area contributed by atoms with Gasteiger partial charge in [-0.2, -0.15) is 0 Å². The number of carbonyl (C=O) groups excluding carboxylic acids is 2. The van der Waals surface area contributed by atoms with Gasteiger partial charge >= 0.3 is 0 Å². The van der Waals surface area contributed by atoms with Gasteiger partial charge in [-0.25, -0.2) is 0 Å². The minimum Gasteiger partial charge on any atom is -0.467 e. The second-order valence-corrected chi connectivity index (χ2v) is 7.44. The fraction of sp³-hybridized carbons (Fsp3) is 0.280. The van der Waals surface area contributed by atoms with Gasteiger partial charge in [0.2, 0.25) is 11.8 Å². The Morgan fingerprint density at radius 3 is 2.45 bits per heavy atom. The Labute approximate surface area is 183 Å². The van der Waals surface area contributed by atoms with Crippen LogP contribution in [0.5, 0.6) is 0 Å². The van der Waals surface area contributed by atoms with E-state index >= 15 is 0 Å². The van der Waals surface area contributed by atoms with Crippen LogP contribution >= 0.6 is 0 Å². The molecule has 0 atom stereocenters. The lowest BCUT2D eigenvalue weighted by Crippen LogP contribution is -2.42. The third-order valence-corrected chi connectivity index (χ3v) is 5.03. The predicted molar refractivity (Wildman–Crippen MR) is 121 cm³/mol. The van der Waals surface area contributed by atoms with Gasteiger partial charge in [-0.1, -0.05) is 37.3 Å². The van der Waals surface area contributed by atoms with Crippen molar-refractivity contribution in [1.29, 1.82) is 0 Å². The summed E-state index contributed by atoms with van der Waals surface area (Å²) in [6.45, 7) is 3.33. The van der Waals surface area contributed by atoms with Crippen molar-refractivity contribution in [2.45, 2.75) is 26.4 Å². The Morgan fingerprint density at radius 2 is 1.81 bits per heavy atom. The highest BCUT2D eigenvalue weighted by atomic mass is 16.3. The van der Waals surface area contributed by atoms with Crippen molar-refractivity contribution in [3.8, 4) is 0 Å². The minimum absolute atomic E-state index is 0.0247. The molecule has 1 aromatic carbocycles. The van der Waals surface area contributed by atoms with E-state index in [1.807, 2.05) is 79.3 Å². The lowest BCUT2D eigenvalue weighted by molar-refractivity contribution is -0.139. The van der Waals surface area contributed by atoms with Gasteiger partial charge in [0.05, 0.1) is 19.4 Å². The fourth-order valence-corrected chi connectivity index (χ4v) is 3.32. The third-order valence-electron chi connectivity index (χ3n) is 5.03. The molecule has 162 valence electrons. The topological polar surface area (TPSA) is 58.7 Å². The van der Waals surface area contributed by atoms with Crippen molar-refractivity contribution in [2.24, 2.45) is 7.05 Å². The second kappa shape index (κ2) is 11.0. The summed E-state index contributed by atoms with van der Waals surface area (Å²) in [5.74, 6) is 0.420. The Hall–Kier alpha value is -3.54. The standard InChI is InChI=1S/C25H29N3O3/c1-3-15-27(24(29)14-13-21-9-5-4-6-10-21)20-25(30)28(19-23-12-8-17-31-23)18-22-11-7-16-26(22)2/h4-14,16-17H,3,15,18-20H2,1-2H3/b14-13+. The average Bonchev–Trinajstić information content (AvgIpc) is 3.44. The number of rotatable bonds is 10. The summed E-state index contributed by atoms with van der Waals surface area (Å²) in [4.78, 5) is 29.4. The molecule has 0 spiro atoms. The molecule has 0 aliphatic heterocycles. The second-order valence-electron chi connectivity index (χ2n) is 7.44. The predicted octanol–water partition coefficient (Wildman–Crippen LogP) is 4.10. The molecule has 2 amide bonds. The summed E-state index contributed by atoms with van der Waals surface area (Å²) < 4.78 is 7.44. The van der Waals surface area contributed by atoms with Crippen molar-refractivity contribution >= 4 is 17.9 Å². The normalized spacial score (nSPS) is 11.0. The molecule has 2 heterocycles. The first-order valence-electron chi connectivity index (χ1n) is 10.5. The zero-order chi connectivity index (χ0) is 22.1.